The molecule has 0 aliphatic heterocycles. The van der Waals surface area contributed by atoms with Gasteiger partial charge in [0.1, 0.15) is 10.6 Å². The molecular weight excluding hydrogens is 438 g/mol. The second-order valence-electron chi connectivity index (χ2n) is 6.55. The molecule has 1 amide bonds. The van der Waals surface area contributed by atoms with E-state index in [2.05, 4.69) is 10.3 Å². The van der Waals surface area contributed by atoms with Crippen LogP contribution in [0.4, 0.5) is 5.69 Å². The number of carbonyl (C=O) groups is 1. The van der Waals surface area contributed by atoms with Gasteiger partial charge < -0.3 is 10.1 Å². The maximum absolute atomic E-state index is 13.0. The molecule has 1 unspecified atom stereocenters. The number of thiophene rings is 2. The summed E-state index contributed by atoms with van der Waals surface area (Å²) in [6.45, 7) is 1.79. The molecule has 0 aliphatic carbocycles. The third-order valence-electron chi connectivity index (χ3n) is 4.55. The molecular formula is C21H19N3O3S3. The van der Waals surface area contributed by atoms with E-state index >= 15 is 0 Å². The maximum atomic E-state index is 13.0. The van der Waals surface area contributed by atoms with Crippen molar-refractivity contribution in [3.8, 4) is 16.2 Å². The van der Waals surface area contributed by atoms with E-state index in [0.717, 1.165) is 10.4 Å². The van der Waals surface area contributed by atoms with Gasteiger partial charge in [0.15, 0.2) is 5.16 Å². The van der Waals surface area contributed by atoms with Gasteiger partial charge in [0.2, 0.25) is 5.91 Å². The van der Waals surface area contributed by atoms with E-state index in [-0.39, 0.29) is 11.5 Å². The Kier molecular flexibility index (Phi) is 5.94. The van der Waals surface area contributed by atoms with Gasteiger partial charge in [-0.1, -0.05) is 23.9 Å². The molecule has 3 aromatic heterocycles. The van der Waals surface area contributed by atoms with Crippen LogP contribution < -0.4 is 15.6 Å². The maximum Gasteiger partial charge on any atom is 0.263 e. The Morgan fingerprint density at radius 1 is 1.27 bits per heavy atom. The van der Waals surface area contributed by atoms with Crippen LogP contribution in [-0.2, 0) is 11.8 Å². The number of benzene rings is 1. The number of hydrogen-bond donors (Lipinski definition) is 1. The molecule has 154 valence electrons. The van der Waals surface area contributed by atoms with Crippen LogP contribution in [0.2, 0.25) is 0 Å². The van der Waals surface area contributed by atoms with Crippen molar-refractivity contribution in [3.05, 3.63) is 57.5 Å². The predicted octanol–water partition coefficient (Wildman–Crippen LogP) is 4.85. The van der Waals surface area contributed by atoms with Crippen LogP contribution in [0.5, 0.6) is 5.75 Å². The van der Waals surface area contributed by atoms with E-state index in [1.807, 2.05) is 35.0 Å². The van der Waals surface area contributed by atoms with Crippen LogP contribution in [0.15, 0.2) is 57.1 Å². The Hall–Kier alpha value is -2.62. The van der Waals surface area contributed by atoms with Crippen molar-refractivity contribution in [2.45, 2.75) is 17.3 Å². The van der Waals surface area contributed by atoms with Crippen molar-refractivity contribution in [1.29, 1.82) is 0 Å². The molecule has 0 saturated heterocycles. The topological polar surface area (TPSA) is 73.2 Å². The van der Waals surface area contributed by atoms with Crippen LogP contribution in [-0.4, -0.2) is 27.8 Å². The Bertz CT molecular complexity index is 1260. The normalized spacial score (nSPS) is 12.1. The first-order valence-electron chi connectivity index (χ1n) is 9.11. The van der Waals surface area contributed by atoms with Crippen LogP contribution in [0, 0.1) is 0 Å². The van der Waals surface area contributed by atoms with E-state index in [1.54, 1.807) is 44.6 Å². The Morgan fingerprint density at radius 3 is 2.83 bits per heavy atom. The molecule has 9 heteroatoms. The zero-order valence-corrected chi connectivity index (χ0v) is 19.0. The zero-order valence-electron chi connectivity index (χ0n) is 16.5. The molecule has 1 atom stereocenters. The van der Waals surface area contributed by atoms with Gasteiger partial charge in [-0.2, -0.15) is 0 Å². The summed E-state index contributed by atoms with van der Waals surface area (Å²) in [6.07, 6.45) is 0. The van der Waals surface area contributed by atoms with Crippen LogP contribution >= 0.6 is 34.4 Å². The lowest BCUT2D eigenvalue weighted by molar-refractivity contribution is -0.115. The molecule has 6 nitrogen and oxygen atoms in total. The van der Waals surface area contributed by atoms with Crippen molar-refractivity contribution < 1.29 is 9.53 Å². The zero-order chi connectivity index (χ0) is 21.3. The molecule has 1 N–H and O–H groups in total. The largest absolute Gasteiger partial charge is 0.497 e. The fraction of sp³-hybridized carbons (Fsp3) is 0.190. The van der Waals surface area contributed by atoms with Crippen LogP contribution in [0.1, 0.15) is 6.92 Å². The van der Waals surface area contributed by atoms with Crippen molar-refractivity contribution in [3.63, 3.8) is 0 Å². The van der Waals surface area contributed by atoms with Crippen LogP contribution in [0.3, 0.4) is 0 Å². The Balaban J connectivity index is 1.58. The first-order chi connectivity index (χ1) is 14.5. The van der Waals surface area contributed by atoms with E-state index in [1.165, 1.54) is 27.7 Å². The number of rotatable bonds is 6. The summed E-state index contributed by atoms with van der Waals surface area (Å²) in [5.41, 5.74) is 1.47. The highest BCUT2D eigenvalue weighted by Gasteiger charge is 2.21. The number of nitrogens with one attached hydrogen (secondary N) is 1. The minimum atomic E-state index is -0.441. The fourth-order valence-electron chi connectivity index (χ4n) is 2.93. The third kappa shape index (κ3) is 4.00. The predicted molar refractivity (Wildman–Crippen MR) is 125 cm³/mol. The summed E-state index contributed by atoms with van der Waals surface area (Å²) >= 11 is 4.30. The lowest BCUT2D eigenvalue weighted by Gasteiger charge is -2.14. The summed E-state index contributed by atoms with van der Waals surface area (Å²) in [5.74, 6) is 0.495. The van der Waals surface area contributed by atoms with Gasteiger partial charge in [0.05, 0.1) is 17.7 Å². The lowest BCUT2D eigenvalue weighted by Crippen LogP contribution is -2.25. The molecule has 0 radical (unpaired) electrons. The number of nitrogens with zero attached hydrogens (tertiary/aromatic N) is 2. The molecule has 30 heavy (non-hydrogen) atoms. The number of aromatic nitrogens is 2. The number of ether oxygens (including phenoxy) is 1. The van der Waals surface area contributed by atoms with Crippen molar-refractivity contribution in [2.24, 2.45) is 7.05 Å². The summed E-state index contributed by atoms with van der Waals surface area (Å²) in [5, 5.41) is 7.54. The summed E-state index contributed by atoms with van der Waals surface area (Å²) < 4.78 is 6.71. The van der Waals surface area contributed by atoms with Gasteiger partial charge in [0.25, 0.3) is 5.56 Å². The molecule has 0 spiro atoms. The second-order valence-corrected chi connectivity index (χ2v) is 9.66. The van der Waals surface area contributed by atoms with Gasteiger partial charge in [-0.3, -0.25) is 14.2 Å². The summed E-state index contributed by atoms with van der Waals surface area (Å²) in [7, 11) is 3.27. The van der Waals surface area contributed by atoms with Gasteiger partial charge >= 0.3 is 0 Å². The highest BCUT2D eigenvalue weighted by molar-refractivity contribution is 8.00. The second kappa shape index (κ2) is 8.63. The van der Waals surface area contributed by atoms with E-state index in [0.29, 0.717) is 26.8 Å². The molecule has 0 aliphatic rings. The van der Waals surface area contributed by atoms with Gasteiger partial charge in [-0.05, 0) is 30.5 Å². The number of carbonyl (C=O) groups excluding carboxylic acids is 1. The summed E-state index contributed by atoms with van der Waals surface area (Å²) in [4.78, 5) is 32.1. The van der Waals surface area contributed by atoms with Gasteiger partial charge in [0, 0.05) is 34.6 Å². The molecule has 0 fully saturated rings. The number of hydrogen-bond acceptors (Lipinski definition) is 7. The molecule has 4 aromatic rings. The number of amides is 1. The van der Waals surface area contributed by atoms with Crippen LogP contribution in [0.25, 0.3) is 20.7 Å². The quantitative estimate of drug-likeness (QED) is 0.331. The number of anilines is 1. The number of fused-ring (bicyclic) bond motifs is 1. The smallest absolute Gasteiger partial charge is 0.263 e. The molecule has 4 rings (SSSR count). The number of thioether (sulfide) groups is 1. The fourth-order valence-corrected chi connectivity index (χ4v) is 5.61. The van der Waals surface area contributed by atoms with Gasteiger partial charge in [-0.25, -0.2) is 4.98 Å². The van der Waals surface area contributed by atoms with Gasteiger partial charge in [-0.15, -0.1) is 22.7 Å². The van der Waals surface area contributed by atoms with Crippen molar-refractivity contribution >= 4 is 56.2 Å². The number of methoxy groups -OCH3 is 1. The van der Waals surface area contributed by atoms with E-state index in [9.17, 15) is 9.59 Å². The van der Waals surface area contributed by atoms with Crippen molar-refractivity contribution in [1.82, 2.24) is 9.55 Å². The standard InChI is InChI=1S/C21H19N3O3S3/c1-12(18(25)22-13-6-4-7-14(10-13)27-3)30-21-23-19-17(20(26)24(21)2)15(11-29-19)16-8-5-9-28-16/h4-12H,1-3H3,(H,22,25). The SMILES string of the molecule is COc1cccc(NC(=O)C(C)Sc2nc3scc(-c4cccs4)c3c(=O)n2C)c1. The molecule has 0 bridgehead atoms. The molecule has 1 aromatic carbocycles. The van der Waals surface area contributed by atoms with E-state index in [4.69, 9.17) is 4.74 Å². The average Bonchev–Trinajstić information content (AvgIpc) is 3.41. The van der Waals surface area contributed by atoms with E-state index < -0.39 is 5.25 Å². The highest BCUT2D eigenvalue weighted by Crippen LogP contribution is 2.35. The highest BCUT2D eigenvalue weighted by atomic mass is 32.2. The van der Waals surface area contributed by atoms with Crippen molar-refractivity contribution in [2.75, 3.05) is 12.4 Å². The minimum Gasteiger partial charge on any atom is -0.497 e. The minimum absolute atomic E-state index is 0.104. The Labute approximate surface area is 185 Å². The third-order valence-corrected chi connectivity index (χ3v) is 7.47. The lowest BCUT2D eigenvalue weighted by atomic mass is 10.2. The first kappa shape index (κ1) is 20.6. The summed E-state index contributed by atoms with van der Waals surface area (Å²) in [6, 6.07) is 11.2. The molecule has 0 saturated carbocycles. The molecule has 3 heterocycles. The average molecular weight is 458 g/mol. The first-order valence-corrected chi connectivity index (χ1v) is 11.8. The Morgan fingerprint density at radius 2 is 2.10 bits per heavy atom. The monoisotopic (exact) mass is 457 g/mol.